The lowest BCUT2D eigenvalue weighted by atomic mass is 9.93. The van der Waals surface area contributed by atoms with E-state index >= 15 is 0 Å². The van der Waals surface area contributed by atoms with E-state index in [0.717, 1.165) is 12.1 Å². The van der Waals surface area contributed by atoms with E-state index in [-0.39, 0.29) is 24.7 Å². The largest absolute Gasteiger partial charge is 0.490 e. The zero-order valence-electron chi connectivity index (χ0n) is 15.9. The van der Waals surface area contributed by atoms with Gasteiger partial charge in [0.15, 0.2) is 0 Å². The minimum Gasteiger partial charge on any atom is -0.490 e. The second-order valence-electron chi connectivity index (χ2n) is 7.27. The summed E-state index contributed by atoms with van der Waals surface area (Å²) in [6.45, 7) is 7.52. The predicted octanol–water partition coefficient (Wildman–Crippen LogP) is 3.70. The maximum absolute atomic E-state index is 13.4. The topological polar surface area (TPSA) is 75.7 Å². The number of anilines is 2. The van der Waals surface area contributed by atoms with Gasteiger partial charge in [0.05, 0.1) is 21.7 Å². The number of hydrogen-bond acceptors (Lipinski definition) is 4. The first-order valence-electron chi connectivity index (χ1n) is 8.72. The Kier molecular flexibility index (Phi) is 5.36. The van der Waals surface area contributed by atoms with Gasteiger partial charge in [-0.15, -0.1) is 6.58 Å². The summed E-state index contributed by atoms with van der Waals surface area (Å²) in [6.07, 6.45) is 1.58. The van der Waals surface area contributed by atoms with Gasteiger partial charge in [0.25, 0.3) is 10.0 Å². The molecule has 154 valence electrons. The Bertz CT molecular complexity index is 1060. The quantitative estimate of drug-likeness (QED) is 0.746. The summed E-state index contributed by atoms with van der Waals surface area (Å²) >= 11 is 0. The average molecular weight is 422 g/mol. The van der Waals surface area contributed by atoms with Gasteiger partial charge in [-0.25, -0.2) is 17.2 Å². The zero-order valence-corrected chi connectivity index (χ0v) is 16.7. The van der Waals surface area contributed by atoms with Crippen molar-refractivity contribution in [3.63, 3.8) is 0 Å². The van der Waals surface area contributed by atoms with Gasteiger partial charge >= 0.3 is 0 Å². The third kappa shape index (κ3) is 4.24. The minimum atomic E-state index is -4.23. The summed E-state index contributed by atoms with van der Waals surface area (Å²) in [7, 11) is -4.23. The number of carbonyl (C=O) groups excluding carboxylic acids is 1. The third-order valence-electron chi connectivity index (χ3n) is 4.37. The fourth-order valence-electron chi connectivity index (χ4n) is 2.92. The molecule has 1 N–H and O–H groups in total. The van der Waals surface area contributed by atoms with Crippen LogP contribution in [-0.2, 0) is 14.8 Å². The fraction of sp³-hybridized carbons (Fsp3) is 0.250. The Morgan fingerprint density at radius 3 is 2.48 bits per heavy atom. The monoisotopic (exact) mass is 422 g/mol. The lowest BCUT2D eigenvalue weighted by Crippen LogP contribution is -2.42. The number of fused-ring (bicyclic) bond motifs is 1. The molecule has 0 bridgehead atoms. The number of ether oxygens (including phenoxy) is 1. The zero-order chi connectivity index (χ0) is 21.4. The van der Waals surface area contributed by atoms with Crippen molar-refractivity contribution >= 4 is 27.3 Å². The Labute approximate surface area is 167 Å². The van der Waals surface area contributed by atoms with Crippen LogP contribution in [0.3, 0.4) is 0 Å². The van der Waals surface area contributed by atoms with Crippen molar-refractivity contribution in [2.24, 2.45) is 5.41 Å². The Balaban J connectivity index is 1.97. The van der Waals surface area contributed by atoms with Gasteiger partial charge in [-0.2, -0.15) is 0 Å². The number of rotatable bonds is 5. The molecule has 0 saturated heterocycles. The molecule has 6 nitrogen and oxygen atoms in total. The van der Waals surface area contributed by atoms with Crippen LogP contribution in [0, 0.1) is 17.0 Å². The van der Waals surface area contributed by atoms with Crippen LogP contribution in [0.4, 0.5) is 20.2 Å². The number of nitrogens with one attached hydrogen (secondary N) is 1. The molecule has 0 atom stereocenters. The highest BCUT2D eigenvalue weighted by Gasteiger charge is 2.37. The van der Waals surface area contributed by atoms with Gasteiger partial charge in [0, 0.05) is 18.7 Å². The minimum absolute atomic E-state index is 0.0950. The van der Waals surface area contributed by atoms with Crippen LogP contribution in [0.15, 0.2) is 53.9 Å². The van der Waals surface area contributed by atoms with E-state index in [1.165, 1.54) is 17.0 Å². The van der Waals surface area contributed by atoms with E-state index in [1.54, 1.807) is 26.0 Å². The Morgan fingerprint density at radius 1 is 1.21 bits per heavy atom. The third-order valence-corrected chi connectivity index (χ3v) is 5.73. The van der Waals surface area contributed by atoms with Gasteiger partial charge in [0.1, 0.15) is 24.0 Å². The van der Waals surface area contributed by atoms with Crippen LogP contribution in [0.25, 0.3) is 0 Å². The summed E-state index contributed by atoms with van der Waals surface area (Å²) in [5, 5.41) is 0. The van der Waals surface area contributed by atoms with Gasteiger partial charge in [0.2, 0.25) is 5.91 Å². The number of hydrogen-bond donors (Lipinski definition) is 1. The second-order valence-corrected chi connectivity index (χ2v) is 8.95. The van der Waals surface area contributed by atoms with E-state index in [9.17, 15) is 22.0 Å². The SMILES string of the molecule is C=CCN1C(=O)C(C)(C)COc2cc(NS(=O)(=O)c3cc(F)cc(F)c3)ccc21. The number of nitrogens with zero attached hydrogens (tertiary/aromatic N) is 1. The first-order valence-corrected chi connectivity index (χ1v) is 10.2. The van der Waals surface area contributed by atoms with Gasteiger partial charge < -0.3 is 9.64 Å². The molecule has 0 radical (unpaired) electrons. The van der Waals surface area contributed by atoms with Crippen LogP contribution in [-0.4, -0.2) is 27.5 Å². The molecule has 1 amide bonds. The molecule has 29 heavy (non-hydrogen) atoms. The number of benzene rings is 2. The highest BCUT2D eigenvalue weighted by Crippen LogP contribution is 2.38. The maximum atomic E-state index is 13.4. The average Bonchev–Trinajstić information content (AvgIpc) is 2.71. The highest BCUT2D eigenvalue weighted by molar-refractivity contribution is 7.92. The standard InChI is InChI=1S/C20H20F2N2O4S/c1-4-7-24-17-6-5-15(11-18(17)28-12-20(2,3)19(24)25)23-29(26,27)16-9-13(21)8-14(22)10-16/h4-6,8-11,23H,1,7,12H2,2-3H3. The van der Waals surface area contributed by atoms with E-state index in [4.69, 9.17) is 4.74 Å². The fourth-order valence-corrected chi connectivity index (χ4v) is 4.01. The molecule has 1 heterocycles. The smallest absolute Gasteiger partial charge is 0.262 e. The van der Waals surface area contributed by atoms with E-state index in [1.807, 2.05) is 0 Å². The Morgan fingerprint density at radius 2 is 1.86 bits per heavy atom. The molecular weight excluding hydrogens is 402 g/mol. The molecule has 2 aromatic carbocycles. The van der Waals surface area contributed by atoms with Crippen molar-refractivity contribution < 1.29 is 26.7 Å². The summed E-state index contributed by atoms with van der Waals surface area (Å²) in [6, 6.07) is 6.44. The molecule has 1 aliphatic rings. The van der Waals surface area contributed by atoms with Crippen molar-refractivity contribution in [3.05, 3.63) is 60.7 Å². The molecule has 9 heteroatoms. The molecule has 0 saturated carbocycles. The number of amides is 1. The normalized spacial score (nSPS) is 15.9. The maximum Gasteiger partial charge on any atom is 0.262 e. The lowest BCUT2D eigenvalue weighted by Gasteiger charge is -2.27. The molecule has 0 spiro atoms. The first-order chi connectivity index (χ1) is 13.5. The molecule has 2 aromatic rings. The Hall–Kier alpha value is -2.94. The van der Waals surface area contributed by atoms with E-state index in [2.05, 4.69) is 11.3 Å². The molecular formula is C20H20F2N2O4S. The summed E-state index contributed by atoms with van der Waals surface area (Å²) < 4.78 is 59.8. The van der Waals surface area contributed by atoms with Crippen LogP contribution in [0.1, 0.15) is 13.8 Å². The number of carbonyl (C=O) groups is 1. The van der Waals surface area contributed by atoms with Crippen molar-refractivity contribution in [3.8, 4) is 5.75 Å². The number of sulfonamides is 1. The summed E-state index contributed by atoms with van der Waals surface area (Å²) in [4.78, 5) is 13.8. The summed E-state index contributed by atoms with van der Waals surface area (Å²) in [5.41, 5.74) is -0.194. The first kappa shape index (κ1) is 20.8. The van der Waals surface area contributed by atoms with Crippen molar-refractivity contribution in [2.75, 3.05) is 22.8 Å². The van der Waals surface area contributed by atoms with Gasteiger partial charge in [-0.3, -0.25) is 9.52 Å². The van der Waals surface area contributed by atoms with Crippen LogP contribution in [0.5, 0.6) is 5.75 Å². The molecule has 1 aliphatic heterocycles. The van der Waals surface area contributed by atoms with E-state index < -0.39 is 32.0 Å². The van der Waals surface area contributed by atoms with Crippen molar-refractivity contribution in [1.29, 1.82) is 0 Å². The summed E-state index contributed by atoms with van der Waals surface area (Å²) in [5.74, 6) is -1.86. The molecule has 0 fully saturated rings. The number of halogens is 2. The van der Waals surface area contributed by atoms with Crippen LogP contribution < -0.4 is 14.4 Å². The van der Waals surface area contributed by atoms with E-state index in [0.29, 0.717) is 17.5 Å². The van der Waals surface area contributed by atoms with Crippen LogP contribution in [0.2, 0.25) is 0 Å². The van der Waals surface area contributed by atoms with Crippen molar-refractivity contribution in [2.45, 2.75) is 18.7 Å². The van der Waals surface area contributed by atoms with Crippen molar-refractivity contribution in [1.82, 2.24) is 0 Å². The molecule has 3 rings (SSSR count). The highest BCUT2D eigenvalue weighted by atomic mass is 32.2. The molecule has 0 aromatic heterocycles. The van der Waals surface area contributed by atoms with Gasteiger partial charge in [-0.05, 0) is 38.1 Å². The lowest BCUT2D eigenvalue weighted by molar-refractivity contribution is -0.127. The van der Waals surface area contributed by atoms with Gasteiger partial charge in [-0.1, -0.05) is 6.08 Å². The molecule has 0 aliphatic carbocycles. The predicted molar refractivity (Wildman–Crippen MR) is 105 cm³/mol. The molecule has 0 unspecified atom stereocenters. The van der Waals surface area contributed by atoms with Crippen LogP contribution >= 0.6 is 0 Å². The second kappa shape index (κ2) is 7.47.